The van der Waals surface area contributed by atoms with Crippen molar-refractivity contribution in [2.24, 2.45) is 0 Å². The zero-order valence-electron chi connectivity index (χ0n) is 12.8. The molecule has 22 heavy (non-hydrogen) atoms. The van der Waals surface area contributed by atoms with Crippen molar-refractivity contribution in [2.45, 2.75) is 31.8 Å². The first-order valence-electron chi connectivity index (χ1n) is 8.05. The van der Waals surface area contributed by atoms with Gasteiger partial charge in [0.1, 0.15) is 5.76 Å². The standard InChI is InChI=1S/C18H23BrN2O/c19-16-7-4-6-15(12-16)13-20-14-17(18-8-5-11-22-18)21-9-2-1-3-10-21/h4-8,11-12,17,20H,1-3,9-10,13-14H2. The maximum absolute atomic E-state index is 5.68. The van der Waals surface area contributed by atoms with Gasteiger partial charge < -0.3 is 9.73 Å². The van der Waals surface area contributed by atoms with Gasteiger partial charge in [0.15, 0.2) is 0 Å². The molecule has 2 heterocycles. The summed E-state index contributed by atoms with van der Waals surface area (Å²) in [6.07, 6.45) is 5.72. The molecule has 1 saturated heterocycles. The quantitative estimate of drug-likeness (QED) is 0.827. The summed E-state index contributed by atoms with van der Waals surface area (Å²) < 4.78 is 6.81. The predicted octanol–water partition coefficient (Wildman–Crippen LogP) is 4.36. The molecule has 0 aliphatic carbocycles. The molecule has 0 radical (unpaired) electrons. The number of furan rings is 1. The molecule has 0 amide bonds. The number of benzene rings is 1. The molecular weight excluding hydrogens is 340 g/mol. The highest BCUT2D eigenvalue weighted by atomic mass is 79.9. The molecule has 118 valence electrons. The Morgan fingerprint density at radius 1 is 1.14 bits per heavy atom. The van der Waals surface area contributed by atoms with E-state index in [9.17, 15) is 0 Å². The summed E-state index contributed by atoms with van der Waals surface area (Å²) in [6.45, 7) is 4.14. The Bertz CT molecular complexity index is 564. The number of likely N-dealkylation sites (tertiary alicyclic amines) is 1. The second kappa shape index (κ2) is 7.95. The number of hydrogen-bond donors (Lipinski definition) is 1. The zero-order valence-corrected chi connectivity index (χ0v) is 14.4. The molecule has 0 spiro atoms. The molecule has 1 aromatic heterocycles. The molecule has 4 heteroatoms. The van der Waals surface area contributed by atoms with Crippen molar-refractivity contribution >= 4 is 15.9 Å². The molecule has 3 nitrogen and oxygen atoms in total. The van der Waals surface area contributed by atoms with Crippen molar-refractivity contribution < 1.29 is 4.42 Å². The minimum absolute atomic E-state index is 0.336. The highest BCUT2D eigenvalue weighted by Crippen LogP contribution is 2.24. The molecule has 0 saturated carbocycles. The van der Waals surface area contributed by atoms with Crippen LogP contribution in [-0.4, -0.2) is 24.5 Å². The normalized spacial score (nSPS) is 17.5. The van der Waals surface area contributed by atoms with Crippen molar-refractivity contribution in [1.29, 1.82) is 0 Å². The highest BCUT2D eigenvalue weighted by molar-refractivity contribution is 9.10. The van der Waals surface area contributed by atoms with Crippen LogP contribution in [-0.2, 0) is 6.54 Å². The third-order valence-corrected chi connectivity index (χ3v) is 4.75. The summed E-state index contributed by atoms with van der Waals surface area (Å²) in [5.74, 6) is 1.07. The van der Waals surface area contributed by atoms with E-state index in [1.165, 1.54) is 37.9 Å². The van der Waals surface area contributed by atoms with Gasteiger partial charge in [0, 0.05) is 17.6 Å². The van der Waals surface area contributed by atoms with Crippen LogP contribution in [0.25, 0.3) is 0 Å². The van der Waals surface area contributed by atoms with Crippen LogP contribution in [0.5, 0.6) is 0 Å². The zero-order chi connectivity index (χ0) is 15.2. The summed E-state index contributed by atoms with van der Waals surface area (Å²) in [5.41, 5.74) is 1.30. The largest absolute Gasteiger partial charge is 0.468 e. The first-order valence-corrected chi connectivity index (χ1v) is 8.85. The number of hydrogen-bond acceptors (Lipinski definition) is 3. The van der Waals surface area contributed by atoms with E-state index >= 15 is 0 Å². The number of halogens is 1. The number of rotatable bonds is 6. The minimum Gasteiger partial charge on any atom is -0.468 e. The van der Waals surface area contributed by atoms with Crippen LogP contribution in [0.3, 0.4) is 0 Å². The highest BCUT2D eigenvalue weighted by Gasteiger charge is 2.23. The SMILES string of the molecule is Brc1cccc(CNCC(c2ccco2)N2CCCCC2)c1. The van der Waals surface area contributed by atoms with Crippen molar-refractivity contribution in [1.82, 2.24) is 10.2 Å². The van der Waals surface area contributed by atoms with Crippen LogP contribution in [0.2, 0.25) is 0 Å². The van der Waals surface area contributed by atoms with Gasteiger partial charge in [-0.15, -0.1) is 0 Å². The summed E-state index contributed by atoms with van der Waals surface area (Å²) in [4.78, 5) is 2.55. The topological polar surface area (TPSA) is 28.4 Å². The second-order valence-corrected chi connectivity index (χ2v) is 6.80. The van der Waals surface area contributed by atoms with Crippen molar-refractivity contribution in [3.8, 4) is 0 Å². The fourth-order valence-corrected chi connectivity index (χ4v) is 3.57. The van der Waals surface area contributed by atoms with E-state index in [1.807, 2.05) is 6.07 Å². The molecule has 2 aromatic rings. The molecular formula is C18H23BrN2O. The van der Waals surface area contributed by atoms with E-state index in [2.05, 4.69) is 56.5 Å². The number of nitrogens with zero attached hydrogens (tertiary/aromatic N) is 1. The van der Waals surface area contributed by atoms with Crippen molar-refractivity contribution in [3.63, 3.8) is 0 Å². The van der Waals surface area contributed by atoms with Gasteiger partial charge in [-0.2, -0.15) is 0 Å². The summed E-state index contributed by atoms with van der Waals surface area (Å²) >= 11 is 3.53. The first kappa shape index (κ1) is 15.8. The smallest absolute Gasteiger partial charge is 0.122 e. The Morgan fingerprint density at radius 2 is 2.00 bits per heavy atom. The molecule has 1 unspecified atom stereocenters. The van der Waals surface area contributed by atoms with E-state index in [0.717, 1.165) is 23.3 Å². The van der Waals surface area contributed by atoms with Crippen LogP contribution >= 0.6 is 15.9 Å². The maximum atomic E-state index is 5.68. The Hall–Kier alpha value is -1.10. The third kappa shape index (κ3) is 4.22. The van der Waals surface area contributed by atoms with Gasteiger partial charge in [-0.25, -0.2) is 0 Å². The predicted molar refractivity (Wildman–Crippen MR) is 92.7 cm³/mol. The maximum Gasteiger partial charge on any atom is 0.122 e. The fourth-order valence-electron chi connectivity index (χ4n) is 3.12. The molecule has 1 aliphatic rings. The lowest BCUT2D eigenvalue weighted by atomic mass is 10.1. The summed E-state index contributed by atoms with van der Waals surface area (Å²) in [5, 5.41) is 3.59. The number of piperidine rings is 1. The Balaban J connectivity index is 1.60. The monoisotopic (exact) mass is 362 g/mol. The Morgan fingerprint density at radius 3 is 2.73 bits per heavy atom. The van der Waals surface area contributed by atoms with E-state index in [0.29, 0.717) is 6.04 Å². The van der Waals surface area contributed by atoms with Gasteiger partial charge in [0.25, 0.3) is 0 Å². The van der Waals surface area contributed by atoms with Crippen LogP contribution < -0.4 is 5.32 Å². The van der Waals surface area contributed by atoms with Gasteiger partial charge in [0.05, 0.1) is 12.3 Å². The van der Waals surface area contributed by atoms with E-state index in [1.54, 1.807) is 6.26 Å². The van der Waals surface area contributed by atoms with E-state index < -0.39 is 0 Å². The van der Waals surface area contributed by atoms with Gasteiger partial charge >= 0.3 is 0 Å². The molecule has 1 N–H and O–H groups in total. The van der Waals surface area contributed by atoms with Gasteiger partial charge in [0.2, 0.25) is 0 Å². The summed E-state index contributed by atoms with van der Waals surface area (Å²) in [6, 6.07) is 12.9. The van der Waals surface area contributed by atoms with Gasteiger partial charge in [-0.1, -0.05) is 34.5 Å². The van der Waals surface area contributed by atoms with Crippen molar-refractivity contribution in [3.05, 3.63) is 58.5 Å². The van der Waals surface area contributed by atoms with E-state index in [-0.39, 0.29) is 0 Å². The van der Waals surface area contributed by atoms with Gasteiger partial charge in [-0.3, -0.25) is 4.90 Å². The first-order chi connectivity index (χ1) is 10.8. The third-order valence-electron chi connectivity index (χ3n) is 4.26. The Labute approximate surface area is 140 Å². The average molecular weight is 363 g/mol. The van der Waals surface area contributed by atoms with Crippen LogP contribution in [0.4, 0.5) is 0 Å². The minimum atomic E-state index is 0.336. The molecule has 1 aliphatic heterocycles. The molecule has 1 fully saturated rings. The van der Waals surface area contributed by atoms with Crippen molar-refractivity contribution in [2.75, 3.05) is 19.6 Å². The van der Waals surface area contributed by atoms with E-state index in [4.69, 9.17) is 4.42 Å². The van der Waals surface area contributed by atoms with Crippen LogP contribution in [0.1, 0.15) is 36.6 Å². The van der Waals surface area contributed by atoms with Crippen LogP contribution in [0.15, 0.2) is 51.6 Å². The van der Waals surface area contributed by atoms with Gasteiger partial charge in [-0.05, 0) is 55.8 Å². The molecule has 3 rings (SSSR count). The lowest BCUT2D eigenvalue weighted by molar-refractivity contribution is 0.142. The summed E-state index contributed by atoms with van der Waals surface area (Å²) in [7, 11) is 0. The molecule has 1 aromatic carbocycles. The average Bonchev–Trinajstić information content (AvgIpc) is 3.07. The molecule has 1 atom stereocenters. The fraction of sp³-hybridized carbons (Fsp3) is 0.444. The lowest BCUT2D eigenvalue weighted by Gasteiger charge is -2.33. The molecule has 0 bridgehead atoms. The second-order valence-electron chi connectivity index (χ2n) is 5.89. The lowest BCUT2D eigenvalue weighted by Crippen LogP contribution is -2.38. The van der Waals surface area contributed by atoms with Crippen LogP contribution in [0, 0.1) is 0 Å². The number of nitrogens with one attached hydrogen (secondary N) is 1. The Kier molecular flexibility index (Phi) is 5.70.